The first-order valence-corrected chi connectivity index (χ1v) is 12.4. The minimum absolute atomic E-state index is 0.0227. The van der Waals surface area contributed by atoms with Crippen molar-refractivity contribution in [2.75, 3.05) is 18.4 Å². The van der Waals surface area contributed by atoms with E-state index in [-0.39, 0.29) is 11.9 Å². The van der Waals surface area contributed by atoms with E-state index in [0.717, 1.165) is 24.7 Å². The lowest BCUT2D eigenvalue weighted by atomic mass is 9.81. The SMILES string of the molecule is C[C@H](NC(=O)OC(C)(C)C)C(=O)N1CCCC[C@@H]1CNc1ncc(B2OC(C)(C)C(C)(C)O2)cn1. The van der Waals surface area contributed by atoms with Gasteiger partial charge in [-0.2, -0.15) is 0 Å². The van der Waals surface area contributed by atoms with E-state index in [0.29, 0.717) is 19.0 Å². The molecule has 0 aromatic carbocycles. The Hall–Kier alpha value is -2.40. The van der Waals surface area contributed by atoms with Gasteiger partial charge in [0.2, 0.25) is 11.9 Å². The molecule has 3 rings (SSSR count). The van der Waals surface area contributed by atoms with Crippen LogP contribution in [0.5, 0.6) is 0 Å². The zero-order valence-corrected chi connectivity index (χ0v) is 22.3. The molecule has 2 atom stereocenters. The van der Waals surface area contributed by atoms with Crippen LogP contribution in [0.2, 0.25) is 0 Å². The number of carbonyl (C=O) groups excluding carboxylic acids is 2. The van der Waals surface area contributed by atoms with Crippen LogP contribution < -0.4 is 16.1 Å². The first-order valence-electron chi connectivity index (χ1n) is 12.4. The molecule has 10 nitrogen and oxygen atoms in total. The number of hydrogen-bond donors (Lipinski definition) is 2. The Morgan fingerprint density at radius 1 is 1.17 bits per heavy atom. The molecule has 0 radical (unpaired) electrons. The van der Waals surface area contributed by atoms with Gasteiger partial charge in [0.1, 0.15) is 11.6 Å². The van der Waals surface area contributed by atoms with Crippen LogP contribution in [0.1, 0.15) is 74.7 Å². The molecule has 0 unspecified atom stereocenters. The molecule has 0 aliphatic carbocycles. The lowest BCUT2D eigenvalue weighted by Crippen LogP contribution is -2.54. The van der Waals surface area contributed by atoms with Crippen molar-refractivity contribution in [1.82, 2.24) is 20.2 Å². The minimum atomic E-state index is -0.680. The monoisotopic (exact) mass is 489 g/mol. The highest BCUT2D eigenvalue weighted by atomic mass is 16.7. The molecule has 0 spiro atoms. The van der Waals surface area contributed by atoms with E-state index in [1.165, 1.54) is 0 Å². The standard InChI is InChI=1S/C24H40BN5O5/c1-16(29-21(32)33-22(2,3)4)19(31)30-12-10-9-11-18(30)15-28-20-26-13-17(14-27-20)25-34-23(5,6)24(7,8)35-25/h13-14,16,18H,9-12,15H2,1-8H3,(H,29,32)(H,26,27,28)/t16-,18+/m0/s1. The molecule has 2 N–H and O–H groups in total. The molecule has 11 heteroatoms. The van der Waals surface area contributed by atoms with Crippen LogP contribution in [0.4, 0.5) is 10.7 Å². The normalized spacial score (nSPS) is 22.5. The first-order chi connectivity index (χ1) is 16.2. The smallest absolute Gasteiger partial charge is 0.444 e. The summed E-state index contributed by atoms with van der Waals surface area (Å²) in [5.74, 6) is 0.350. The van der Waals surface area contributed by atoms with Crippen molar-refractivity contribution in [1.29, 1.82) is 0 Å². The van der Waals surface area contributed by atoms with Crippen LogP contribution in [0.25, 0.3) is 0 Å². The Bertz CT molecular complexity index is 887. The van der Waals surface area contributed by atoms with Gasteiger partial charge < -0.3 is 29.6 Å². The molecule has 1 aromatic heterocycles. The zero-order chi connectivity index (χ0) is 26.0. The van der Waals surface area contributed by atoms with Crippen molar-refractivity contribution >= 4 is 30.5 Å². The highest BCUT2D eigenvalue weighted by molar-refractivity contribution is 6.61. The van der Waals surface area contributed by atoms with Gasteiger partial charge in [0.05, 0.1) is 11.2 Å². The second-order valence-electron chi connectivity index (χ2n) is 11.4. The predicted octanol–water partition coefficient (Wildman–Crippen LogP) is 2.48. The van der Waals surface area contributed by atoms with Crippen LogP contribution in [-0.4, -0.2) is 76.0 Å². The lowest BCUT2D eigenvalue weighted by Gasteiger charge is -2.37. The van der Waals surface area contributed by atoms with Gasteiger partial charge in [0.25, 0.3) is 0 Å². The molecule has 2 aliphatic heterocycles. The highest BCUT2D eigenvalue weighted by Crippen LogP contribution is 2.36. The lowest BCUT2D eigenvalue weighted by molar-refractivity contribution is -0.136. The number of rotatable bonds is 6. The third kappa shape index (κ3) is 6.85. The van der Waals surface area contributed by atoms with E-state index in [4.69, 9.17) is 14.0 Å². The number of alkyl carbamates (subject to hydrolysis) is 1. The van der Waals surface area contributed by atoms with E-state index in [9.17, 15) is 9.59 Å². The number of carbonyl (C=O) groups is 2. The molecule has 35 heavy (non-hydrogen) atoms. The largest absolute Gasteiger partial charge is 0.498 e. The zero-order valence-electron chi connectivity index (χ0n) is 22.3. The third-order valence-electron chi connectivity index (χ3n) is 6.71. The number of nitrogens with zero attached hydrogens (tertiary/aromatic N) is 3. The van der Waals surface area contributed by atoms with Crippen molar-refractivity contribution in [3.05, 3.63) is 12.4 Å². The Balaban J connectivity index is 1.56. The molecule has 3 heterocycles. The summed E-state index contributed by atoms with van der Waals surface area (Å²) >= 11 is 0. The third-order valence-corrected chi connectivity index (χ3v) is 6.71. The van der Waals surface area contributed by atoms with E-state index in [1.807, 2.05) is 32.6 Å². The molecule has 2 fully saturated rings. The van der Waals surface area contributed by atoms with Gasteiger partial charge in [0.15, 0.2) is 0 Å². The van der Waals surface area contributed by atoms with Crippen molar-refractivity contribution in [2.45, 2.75) is 104 Å². The average Bonchev–Trinajstić information content (AvgIpc) is 2.97. The van der Waals surface area contributed by atoms with Crippen LogP contribution in [0, 0.1) is 0 Å². The number of aromatic nitrogens is 2. The summed E-state index contributed by atoms with van der Waals surface area (Å²) in [4.78, 5) is 35.9. The van der Waals surface area contributed by atoms with Crippen molar-refractivity contribution < 1.29 is 23.6 Å². The number of hydrogen-bond acceptors (Lipinski definition) is 8. The van der Waals surface area contributed by atoms with E-state index >= 15 is 0 Å². The van der Waals surface area contributed by atoms with Gasteiger partial charge in [0, 0.05) is 37.0 Å². The molecular formula is C24H40BN5O5. The van der Waals surface area contributed by atoms with Crippen LogP contribution in [-0.2, 0) is 18.8 Å². The number of amides is 2. The molecule has 0 saturated carbocycles. The first kappa shape index (κ1) is 27.2. The van der Waals surface area contributed by atoms with Gasteiger partial charge in [-0.1, -0.05) is 0 Å². The second-order valence-corrected chi connectivity index (χ2v) is 11.4. The maximum absolute atomic E-state index is 13.1. The molecular weight excluding hydrogens is 449 g/mol. The maximum Gasteiger partial charge on any atom is 0.498 e. The quantitative estimate of drug-likeness (QED) is 0.586. The molecule has 2 amide bonds. The highest BCUT2D eigenvalue weighted by Gasteiger charge is 2.52. The fourth-order valence-corrected chi connectivity index (χ4v) is 4.04. The Labute approximate surface area is 209 Å². The van der Waals surface area contributed by atoms with Gasteiger partial charge in [-0.15, -0.1) is 0 Å². The fourth-order valence-electron chi connectivity index (χ4n) is 4.04. The van der Waals surface area contributed by atoms with Crippen molar-refractivity contribution in [2.24, 2.45) is 0 Å². The minimum Gasteiger partial charge on any atom is -0.444 e. The van der Waals surface area contributed by atoms with E-state index < -0.39 is 36.1 Å². The van der Waals surface area contributed by atoms with Crippen LogP contribution in [0.3, 0.4) is 0 Å². The summed E-state index contributed by atoms with van der Waals surface area (Å²) in [6.07, 6.45) is 5.64. The summed E-state index contributed by atoms with van der Waals surface area (Å²) < 4.78 is 17.4. The fraction of sp³-hybridized carbons (Fsp3) is 0.750. The molecule has 1 aromatic rings. The maximum atomic E-state index is 13.1. The number of likely N-dealkylation sites (tertiary alicyclic amines) is 1. The molecule has 2 saturated heterocycles. The summed E-state index contributed by atoms with van der Waals surface area (Å²) in [6.45, 7) is 16.2. The summed E-state index contributed by atoms with van der Waals surface area (Å²) in [6, 6.07) is -0.702. The number of anilines is 1. The predicted molar refractivity (Wildman–Crippen MR) is 134 cm³/mol. The van der Waals surface area contributed by atoms with Gasteiger partial charge in [-0.25, -0.2) is 14.8 Å². The molecule has 194 valence electrons. The molecule has 2 aliphatic rings. The van der Waals surface area contributed by atoms with Gasteiger partial charge >= 0.3 is 13.2 Å². The summed E-state index contributed by atoms with van der Waals surface area (Å²) in [7, 11) is -0.514. The average molecular weight is 489 g/mol. The van der Waals surface area contributed by atoms with E-state index in [1.54, 1.807) is 40.1 Å². The summed E-state index contributed by atoms with van der Waals surface area (Å²) in [5.41, 5.74) is -0.726. The molecule has 0 bridgehead atoms. The number of piperidine rings is 1. The Morgan fingerprint density at radius 2 is 1.77 bits per heavy atom. The van der Waals surface area contributed by atoms with Crippen molar-refractivity contribution in [3.63, 3.8) is 0 Å². The van der Waals surface area contributed by atoms with Gasteiger partial charge in [-0.3, -0.25) is 4.79 Å². The van der Waals surface area contributed by atoms with Gasteiger partial charge in [-0.05, 0) is 74.7 Å². The topological polar surface area (TPSA) is 115 Å². The Morgan fingerprint density at radius 3 is 2.34 bits per heavy atom. The second kappa shape index (κ2) is 10.3. The van der Waals surface area contributed by atoms with Crippen LogP contribution >= 0.6 is 0 Å². The van der Waals surface area contributed by atoms with E-state index in [2.05, 4.69) is 20.6 Å². The number of ether oxygens (including phenoxy) is 1. The van der Waals surface area contributed by atoms with Crippen LogP contribution in [0.15, 0.2) is 12.4 Å². The Kier molecular flexibility index (Phi) is 8.01. The number of nitrogens with one attached hydrogen (secondary N) is 2. The summed E-state index contributed by atoms with van der Waals surface area (Å²) in [5, 5.41) is 5.90. The van der Waals surface area contributed by atoms with Crippen molar-refractivity contribution in [3.8, 4) is 0 Å².